The Morgan fingerprint density at radius 3 is 2.58 bits per heavy atom. The second-order valence-electron chi connectivity index (χ2n) is 6.52. The number of halogens is 1. The average molecular weight is 445 g/mol. The van der Waals surface area contributed by atoms with Crippen LogP contribution in [0.3, 0.4) is 0 Å². The van der Waals surface area contributed by atoms with Crippen molar-refractivity contribution in [2.75, 3.05) is 18.7 Å². The number of anilines is 1. The van der Waals surface area contributed by atoms with Gasteiger partial charge in [0.2, 0.25) is 0 Å². The van der Waals surface area contributed by atoms with E-state index in [0.29, 0.717) is 11.3 Å². The van der Waals surface area contributed by atoms with E-state index in [-0.39, 0.29) is 28.7 Å². The summed E-state index contributed by atoms with van der Waals surface area (Å²) in [5.74, 6) is -1.19. The van der Waals surface area contributed by atoms with Gasteiger partial charge in [0.25, 0.3) is 11.8 Å². The van der Waals surface area contributed by atoms with Crippen LogP contribution in [0.15, 0.2) is 48.0 Å². The number of hydrazine groups is 1. The Kier molecular flexibility index (Phi) is 6.81. The molecular formula is C22H21ClN2O6. The van der Waals surface area contributed by atoms with E-state index >= 15 is 0 Å². The lowest BCUT2D eigenvalue weighted by Gasteiger charge is -2.17. The van der Waals surface area contributed by atoms with Crippen LogP contribution in [0, 0.1) is 0 Å². The topological polar surface area (TPSA) is 94.2 Å². The van der Waals surface area contributed by atoms with Gasteiger partial charge in [0, 0.05) is 0 Å². The Hall–Kier alpha value is -3.52. The highest BCUT2D eigenvalue weighted by molar-refractivity contribution is 6.33. The lowest BCUT2D eigenvalue weighted by Crippen LogP contribution is -2.35. The van der Waals surface area contributed by atoms with Gasteiger partial charge in [-0.1, -0.05) is 29.8 Å². The second kappa shape index (κ2) is 9.53. The van der Waals surface area contributed by atoms with Crippen LogP contribution in [0.1, 0.15) is 19.4 Å². The summed E-state index contributed by atoms with van der Waals surface area (Å²) in [5, 5.41) is 1.32. The van der Waals surface area contributed by atoms with E-state index in [0.717, 1.165) is 0 Å². The molecule has 162 valence electrons. The maximum absolute atomic E-state index is 12.7. The van der Waals surface area contributed by atoms with Gasteiger partial charge in [-0.2, -0.15) is 0 Å². The van der Waals surface area contributed by atoms with Gasteiger partial charge in [-0.15, -0.1) is 0 Å². The van der Waals surface area contributed by atoms with Crippen LogP contribution in [0.25, 0.3) is 6.08 Å². The zero-order chi connectivity index (χ0) is 22.5. The molecule has 9 heteroatoms. The number of esters is 1. The van der Waals surface area contributed by atoms with Crippen molar-refractivity contribution < 1.29 is 28.6 Å². The molecule has 0 aromatic heterocycles. The molecular weight excluding hydrogens is 424 g/mol. The van der Waals surface area contributed by atoms with E-state index in [1.54, 1.807) is 37.3 Å². The minimum absolute atomic E-state index is 0.0597. The average Bonchev–Trinajstić information content (AvgIpc) is 3.04. The molecule has 1 heterocycles. The summed E-state index contributed by atoms with van der Waals surface area (Å²) in [4.78, 5) is 37.0. The number of para-hydroxylation sites is 1. The standard InChI is InChI=1S/C22H21ClN2O6/c1-4-30-22(28)13(2)31-19-17(23)11-14(12-18(19)29-3)10-16-20(26)24-25(21(16)27)15-8-6-5-7-9-15/h5-13H,4H2,1-3H3,(H,24,26). The van der Waals surface area contributed by atoms with Gasteiger partial charge in [0.1, 0.15) is 5.57 Å². The van der Waals surface area contributed by atoms with E-state index in [1.807, 2.05) is 6.07 Å². The number of benzene rings is 2. The molecule has 2 aromatic carbocycles. The number of ether oxygens (including phenoxy) is 3. The number of carbonyl (C=O) groups excluding carboxylic acids is 3. The van der Waals surface area contributed by atoms with Crippen molar-refractivity contribution in [2.24, 2.45) is 0 Å². The van der Waals surface area contributed by atoms with Gasteiger partial charge >= 0.3 is 5.97 Å². The predicted molar refractivity (Wildman–Crippen MR) is 115 cm³/mol. The molecule has 0 radical (unpaired) electrons. The zero-order valence-electron chi connectivity index (χ0n) is 17.2. The normalized spacial score (nSPS) is 15.6. The lowest BCUT2D eigenvalue weighted by atomic mass is 10.1. The van der Waals surface area contributed by atoms with Crippen molar-refractivity contribution in [1.29, 1.82) is 0 Å². The second-order valence-corrected chi connectivity index (χ2v) is 6.93. The highest BCUT2D eigenvalue weighted by Crippen LogP contribution is 2.38. The van der Waals surface area contributed by atoms with Crippen LogP contribution >= 0.6 is 11.6 Å². The number of nitrogens with zero attached hydrogens (tertiary/aromatic N) is 1. The van der Waals surface area contributed by atoms with Crippen molar-refractivity contribution >= 4 is 41.1 Å². The van der Waals surface area contributed by atoms with Crippen molar-refractivity contribution in [3.05, 3.63) is 58.6 Å². The fourth-order valence-corrected chi connectivity index (χ4v) is 3.17. The van der Waals surface area contributed by atoms with E-state index in [1.165, 1.54) is 31.2 Å². The molecule has 0 bridgehead atoms. The quantitative estimate of drug-likeness (QED) is 0.400. The van der Waals surface area contributed by atoms with Gasteiger partial charge in [-0.3, -0.25) is 15.0 Å². The van der Waals surface area contributed by atoms with Gasteiger partial charge in [-0.05, 0) is 49.8 Å². The van der Waals surface area contributed by atoms with Crippen LogP contribution in [0.2, 0.25) is 5.02 Å². The summed E-state index contributed by atoms with van der Waals surface area (Å²) in [6.07, 6.45) is 0.505. The molecule has 0 spiro atoms. The molecule has 0 aliphatic carbocycles. The van der Waals surface area contributed by atoms with E-state index in [4.69, 9.17) is 25.8 Å². The summed E-state index contributed by atoms with van der Waals surface area (Å²) in [5.41, 5.74) is 3.46. The Morgan fingerprint density at radius 1 is 1.23 bits per heavy atom. The molecule has 1 aliphatic heterocycles. The van der Waals surface area contributed by atoms with E-state index in [2.05, 4.69) is 5.43 Å². The number of hydrogen-bond acceptors (Lipinski definition) is 6. The predicted octanol–water partition coefficient (Wildman–Crippen LogP) is 3.14. The molecule has 2 amide bonds. The minimum atomic E-state index is -0.905. The first kappa shape index (κ1) is 22.2. The molecule has 31 heavy (non-hydrogen) atoms. The fourth-order valence-electron chi connectivity index (χ4n) is 2.90. The van der Waals surface area contributed by atoms with Crippen LogP contribution in [-0.4, -0.2) is 37.6 Å². The fraction of sp³-hybridized carbons (Fsp3) is 0.227. The number of methoxy groups -OCH3 is 1. The molecule has 0 saturated carbocycles. The highest BCUT2D eigenvalue weighted by Gasteiger charge is 2.34. The van der Waals surface area contributed by atoms with Crippen molar-refractivity contribution in [2.45, 2.75) is 20.0 Å². The summed E-state index contributed by atoms with van der Waals surface area (Å²) in [7, 11) is 1.41. The van der Waals surface area contributed by atoms with Gasteiger partial charge in [0.15, 0.2) is 17.6 Å². The number of hydrogen-bond donors (Lipinski definition) is 1. The minimum Gasteiger partial charge on any atom is -0.493 e. The van der Waals surface area contributed by atoms with Crippen LogP contribution in [0.4, 0.5) is 5.69 Å². The third-order valence-electron chi connectivity index (χ3n) is 4.38. The molecule has 1 saturated heterocycles. The maximum Gasteiger partial charge on any atom is 0.347 e. The smallest absolute Gasteiger partial charge is 0.347 e. The Labute approximate surface area is 184 Å². The third kappa shape index (κ3) is 4.80. The first-order chi connectivity index (χ1) is 14.8. The highest BCUT2D eigenvalue weighted by atomic mass is 35.5. The number of carbonyl (C=O) groups is 3. The van der Waals surface area contributed by atoms with Crippen LogP contribution in [0.5, 0.6) is 11.5 Å². The zero-order valence-corrected chi connectivity index (χ0v) is 17.9. The summed E-state index contributed by atoms with van der Waals surface area (Å²) < 4.78 is 15.9. The lowest BCUT2D eigenvalue weighted by molar-refractivity contribution is -0.150. The Morgan fingerprint density at radius 2 is 1.94 bits per heavy atom. The van der Waals surface area contributed by atoms with Crippen molar-refractivity contribution in [1.82, 2.24) is 5.43 Å². The Bertz CT molecular complexity index is 1040. The number of amides is 2. The molecule has 8 nitrogen and oxygen atoms in total. The SMILES string of the molecule is CCOC(=O)C(C)Oc1c(Cl)cc(C=C2C(=O)NN(c3ccccc3)C2=O)cc1OC. The molecule has 3 rings (SSSR count). The van der Waals surface area contributed by atoms with Crippen molar-refractivity contribution in [3.63, 3.8) is 0 Å². The first-order valence-corrected chi connectivity index (χ1v) is 9.86. The van der Waals surface area contributed by atoms with Crippen LogP contribution in [-0.2, 0) is 19.1 Å². The van der Waals surface area contributed by atoms with Gasteiger partial charge < -0.3 is 14.2 Å². The monoisotopic (exact) mass is 444 g/mol. The summed E-state index contributed by atoms with van der Waals surface area (Å²) >= 11 is 6.34. The number of nitrogens with one attached hydrogen (secondary N) is 1. The Balaban J connectivity index is 1.89. The molecule has 1 N–H and O–H groups in total. The molecule has 1 fully saturated rings. The number of rotatable bonds is 7. The van der Waals surface area contributed by atoms with Gasteiger partial charge in [0.05, 0.1) is 24.4 Å². The third-order valence-corrected chi connectivity index (χ3v) is 4.66. The van der Waals surface area contributed by atoms with Crippen LogP contribution < -0.4 is 19.9 Å². The first-order valence-electron chi connectivity index (χ1n) is 9.48. The van der Waals surface area contributed by atoms with Gasteiger partial charge in [-0.25, -0.2) is 9.80 Å². The maximum atomic E-state index is 12.7. The van der Waals surface area contributed by atoms with Crippen molar-refractivity contribution in [3.8, 4) is 11.5 Å². The summed E-state index contributed by atoms with van der Waals surface area (Å²) in [6, 6.07) is 11.8. The molecule has 2 aromatic rings. The largest absolute Gasteiger partial charge is 0.493 e. The summed E-state index contributed by atoms with van der Waals surface area (Å²) in [6.45, 7) is 3.45. The molecule has 1 aliphatic rings. The molecule has 1 unspecified atom stereocenters. The van der Waals surface area contributed by atoms with E-state index < -0.39 is 23.9 Å². The molecule has 1 atom stereocenters. The van der Waals surface area contributed by atoms with E-state index in [9.17, 15) is 14.4 Å².